The van der Waals surface area contributed by atoms with Crippen LogP contribution in [0.2, 0.25) is 0 Å². The van der Waals surface area contributed by atoms with Crippen LogP contribution in [-0.4, -0.2) is 12.5 Å². The van der Waals surface area contributed by atoms with Crippen molar-refractivity contribution >= 4 is 44.3 Å². The zero-order valence-corrected chi connectivity index (χ0v) is 15.0. The molecular weight excluding hydrogens is 350 g/mol. The monoisotopic (exact) mass is 367 g/mol. The van der Waals surface area contributed by atoms with Gasteiger partial charge in [-0.05, 0) is 35.7 Å². The van der Waals surface area contributed by atoms with Gasteiger partial charge in [0.05, 0.1) is 0 Å². The summed E-state index contributed by atoms with van der Waals surface area (Å²) in [4.78, 5) is 12.4. The first kappa shape index (κ1) is 16.4. The molecule has 0 aliphatic rings. The van der Waals surface area contributed by atoms with Crippen LogP contribution in [0, 0.1) is 0 Å². The van der Waals surface area contributed by atoms with Crippen molar-refractivity contribution in [1.29, 1.82) is 0 Å². The number of fused-ring (bicyclic) bond motifs is 4. The summed E-state index contributed by atoms with van der Waals surface area (Å²) in [6, 6.07) is 27.2. The standard InChI is InChI=1S/C24H17NO3/c26-24(25-21-10-5-7-16-6-1-2-8-18(16)21)15-27-17-12-13-23-20(14-17)19-9-3-4-11-22(19)28-23/h1-14H,15H2,(H,25,26). The number of anilines is 1. The van der Waals surface area contributed by atoms with E-state index in [1.807, 2.05) is 84.9 Å². The molecule has 0 atom stereocenters. The minimum absolute atomic E-state index is 0.0650. The molecule has 0 aliphatic heterocycles. The molecule has 1 N–H and O–H groups in total. The molecule has 0 fully saturated rings. The average molecular weight is 367 g/mol. The summed E-state index contributed by atoms with van der Waals surface area (Å²) in [6.45, 7) is -0.0650. The van der Waals surface area contributed by atoms with E-state index in [-0.39, 0.29) is 12.5 Å². The normalized spacial score (nSPS) is 11.1. The summed E-state index contributed by atoms with van der Waals surface area (Å²) in [5, 5.41) is 7.03. The number of benzene rings is 4. The van der Waals surface area contributed by atoms with Gasteiger partial charge in [-0.25, -0.2) is 0 Å². The number of carbonyl (C=O) groups excluding carboxylic acids is 1. The Balaban J connectivity index is 1.34. The van der Waals surface area contributed by atoms with Gasteiger partial charge in [0.2, 0.25) is 0 Å². The lowest BCUT2D eigenvalue weighted by Crippen LogP contribution is -2.20. The lowest BCUT2D eigenvalue weighted by atomic mass is 10.1. The average Bonchev–Trinajstić information content (AvgIpc) is 3.10. The zero-order valence-electron chi connectivity index (χ0n) is 15.0. The maximum absolute atomic E-state index is 12.4. The fourth-order valence-corrected chi connectivity index (χ4v) is 3.46. The van der Waals surface area contributed by atoms with Gasteiger partial charge >= 0.3 is 0 Å². The van der Waals surface area contributed by atoms with Gasteiger partial charge in [-0.15, -0.1) is 0 Å². The van der Waals surface area contributed by atoms with E-state index in [1.54, 1.807) is 0 Å². The molecule has 0 saturated carbocycles. The van der Waals surface area contributed by atoms with Crippen LogP contribution in [0.4, 0.5) is 5.69 Å². The fourth-order valence-electron chi connectivity index (χ4n) is 3.46. The number of hydrogen-bond acceptors (Lipinski definition) is 3. The van der Waals surface area contributed by atoms with Crippen molar-refractivity contribution < 1.29 is 13.9 Å². The minimum atomic E-state index is -0.200. The summed E-state index contributed by atoms with van der Waals surface area (Å²) in [5.74, 6) is 0.431. The Labute approximate surface area is 161 Å². The van der Waals surface area contributed by atoms with Gasteiger partial charge in [-0.2, -0.15) is 0 Å². The van der Waals surface area contributed by atoms with Gasteiger partial charge in [-0.1, -0.05) is 54.6 Å². The molecule has 4 nitrogen and oxygen atoms in total. The van der Waals surface area contributed by atoms with Gasteiger partial charge in [0.15, 0.2) is 6.61 Å². The van der Waals surface area contributed by atoms with Crippen LogP contribution in [0.3, 0.4) is 0 Å². The van der Waals surface area contributed by atoms with Crippen LogP contribution in [-0.2, 0) is 4.79 Å². The van der Waals surface area contributed by atoms with Gasteiger partial charge in [0, 0.05) is 21.8 Å². The number of rotatable bonds is 4. The lowest BCUT2D eigenvalue weighted by Gasteiger charge is -2.10. The van der Waals surface area contributed by atoms with Crippen molar-refractivity contribution in [3.05, 3.63) is 84.9 Å². The topological polar surface area (TPSA) is 51.5 Å². The molecule has 4 heteroatoms. The third kappa shape index (κ3) is 2.95. The molecule has 1 aromatic heterocycles. The number of furan rings is 1. The zero-order chi connectivity index (χ0) is 18.9. The van der Waals surface area contributed by atoms with E-state index in [4.69, 9.17) is 9.15 Å². The highest BCUT2D eigenvalue weighted by Gasteiger charge is 2.10. The largest absolute Gasteiger partial charge is 0.484 e. The molecule has 1 heterocycles. The second kappa shape index (κ2) is 6.74. The van der Waals surface area contributed by atoms with Crippen molar-refractivity contribution in [3.8, 4) is 5.75 Å². The Morgan fingerprint density at radius 2 is 1.54 bits per heavy atom. The first-order valence-electron chi connectivity index (χ1n) is 9.10. The Morgan fingerprint density at radius 1 is 0.786 bits per heavy atom. The molecule has 0 bridgehead atoms. The summed E-state index contributed by atoms with van der Waals surface area (Å²) >= 11 is 0. The van der Waals surface area contributed by atoms with E-state index in [2.05, 4.69) is 5.32 Å². The number of para-hydroxylation sites is 1. The quantitative estimate of drug-likeness (QED) is 0.439. The maximum atomic E-state index is 12.4. The van der Waals surface area contributed by atoms with Gasteiger partial charge in [-0.3, -0.25) is 4.79 Å². The Hall–Kier alpha value is -3.79. The Morgan fingerprint density at radius 3 is 2.46 bits per heavy atom. The number of hydrogen-bond donors (Lipinski definition) is 1. The molecule has 4 aromatic carbocycles. The van der Waals surface area contributed by atoms with Crippen molar-refractivity contribution in [3.63, 3.8) is 0 Å². The highest BCUT2D eigenvalue weighted by Crippen LogP contribution is 2.31. The molecule has 0 spiro atoms. The third-order valence-corrected chi connectivity index (χ3v) is 4.78. The van der Waals surface area contributed by atoms with E-state index in [0.717, 1.165) is 38.4 Å². The highest BCUT2D eigenvalue weighted by molar-refractivity contribution is 6.05. The van der Waals surface area contributed by atoms with Crippen LogP contribution < -0.4 is 10.1 Å². The molecule has 0 unspecified atom stereocenters. The van der Waals surface area contributed by atoms with Crippen LogP contribution in [0.15, 0.2) is 89.3 Å². The molecule has 0 aliphatic carbocycles. The van der Waals surface area contributed by atoms with E-state index in [0.29, 0.717) is 5.75 Å². The van der Waals surface area contributed by atoms with Gasteiger partial charge < -0.3 is 14.5 Å². The van der Waals surface area contributed by atoms with Crippen molar-refractivity contribution in [1.82, 2.24) is 0 Å². The number of nitrogens with one attached hydrogen (secondary N) is 1. The minimum Gasteiger partial charge on any atom is -0.484 e. The van der Waals surface area contributed by atoms with Gasteiger partial charge in [0.1, 0.15) is 16.9 Å². The summed E-state index contributed by atoms with van der Waals surface area (Å²) in [7, 11) is 0. The van der Waals surface area contributed by atoms with Crippen molar-refractivity contribution in [2.24, 2.45) is 0 Å². The predicted octanol–water partition coefficient (Wildman–Crippen LogP) is 5.76. The third-order valence-electron chi connectivity index (χ3n) is 4.78. The summed E-state index contributed by atoms with van der Waals surface area (Å²) in [5.41, 5.74) is 2.42. The molecular formula is C24H17NO3. The number of ether oxygens (including phenoxy) is 1. The molecule has 5 aromatic rings. The van der Waals surface area contributed by atoms with Crippen LogP contribution in [0.5, 0.6) is 5.75 Å². The summed E-state index contributed by atoms with van der Waals surface area (Å²) in [6.07, 6.45) is 0. The first-order valence-corrected chi connectivity index (χ1v) is 9.10. The molecule has 5 rings (SSSR count). The number of amides is 1. The second-order valence-corrected chi connectivity index (χ2v) is 6.62. The van der Waals surface area contributed by atoms with Crippen LogP contribution in [0.1, 0.15) is 0 Å². The highest BCUT2D eigenvalue weighted by atomic mass is 16.5. The molecule has 0 saturated heterocycles. The SMILES string of the molecule is O=C(COc1ccc2oc3ccccc3c2c1)Nc1cccc2ccccc12. The van der Waals surface area contributed by atoms with E-state index >= 15 is 0 Å². The predicted molar refractivity (Wildman–Crippen MR) is 112 cm³/mol. The lowest BCUT2D eigenvalue weighted by molar-refractivity contribution is -0.118. The molecule has 28 heavy (non-hydrogen) atoms. The maximum Gasteiger partial charge on any atom is 0.262 e. The second-order valence-electron chi connectivity index (χ2n) is 6.62. The molecule has 1 amide bonds. The van der Waals surface area contributed by atoms with E-state index < -0.39 is 0 Å². The van der Waals surface area contributed by atoms with Crippen molar-refractivity contribution in [2.75, 3.05) is 11.9 Å². The smallest absolute Gasteiger partial charge is 0.262 e. The van der Waals surface area contributed by atoms with Crippen LogP contribution >= 0.6 is 0 Å². The van der Waals surface area contributed by atoms with Gasteiger partial charge in [0.25, 0.3) is 5.91 Å². The van der Waals surface area contributed by atoms with E-state index in [1.165, 1.54) is 0 Å². The molecule has 0 radical (unpaired) electrons. The van der Waals surface area contributed by atoms with Crippen molar-refractivity contribution in [2.45, 2.75) is 0 Å². The Bertz CT molecular complexity index is 1310. The Kier molecular flexibility index (Phi) is 3.95. The molecule has 136 valence electrons. The summed E-state index contributed by atoms with van der Waals surface area (Å²) < 4.78 is 11.5. The first-order chi connectivity index (χ1) is 13.8. The fraction of sp³-hybridized carbons (Fsp3) is 0.0417. The van der Waals surface area contributed by atoms with Crippen LogP contribution in [0.25, 0.3) is 32.7 Å². The number of carbonyl (C=O) groups is 1. The van der Waals surface area contributed by atoms with E-state index in [9.17, 15) is 4.79 Å².